The molecule has 0 bridgehead atoms. The number of hydrogen-bond donors (Lipinski definition) is 0. The highest BCUT2D eigenvalue weighted by Gasteiger charge is 2.18. The minimum absolute atomic E-state index is 0.186. The van der Waals surface area contributed by atoms with E-state index in [1.165, 1.54) is 0 Å². The summed E-state index contributed by atoms with van der Waals surface area (Å²) in [5.41, 5.74) is 4.59. The zero-order chi connectivity index (χ0) is 18.6. The van der Waals surface area contributed by atoms with Gasteiger partial charge in [0.2, 0.25) is 9.84 Å². The fourth-order valence-corrected chi connectivity index (χ4v) is 3.97. The van der Waals surface area contributed by atoms with Crippen molar-refractivity contribution < 1.29 is 8.42 Å². The SMILES string of the molecule is Cc1ccc(-c2ccccc2-c2ccccc2S(=O)(=O)C=CC#N)cc1. The third kappa shape index (κ3) is 3.58. The van der Waals surface area contributed by atoms with Crippen LogP contribution >= 0.6 is 0 Å². The highest BCUT2D eigenvalue weighted by Crippen LogP contribution is 2.36. The van der Waals surface area contributed by atoms with Crippen LogP contribution in [0.5, 0.6) is 0 Å². The third-order valence-corrected chi connectivity index (χ3v) is 5.56. The summed E-state index contributed by atoms with van der Waals surface area (Å²) in [6, 6.07) is 24.4. The highest BCUT2D eigenvalue weighted by atomic mass is 32.2. The number of nitrogens with zero attached hydrogens (tertiary/aromatic N) is 1. The number of benzene rings is 3. The maximum Gasteiger partial charge on any atom is 0.201 e. The average molecular weight is 359 g/mol. The Morgan fingerprint density at radius 1 is 0.808 bits per heavy atom. The van der Waals surface area contributed by atoms with Gasteiger partial charge in [0.05, 0.1) is 11.0 Å². The minimum Gasteiger partial charge on any atom is -0.219 e. The van der Waals surface area contributed by atoms with Gasteiger partial charge in [-0.15, -0.1) is 0 Å². The third-order valence-electron chi connectivity index (χ3n) is 4.10. The van der Waals surface area contributed by atoms with Gasteiger partial charge in [0.1, 0.15) is 0 Å². The first kappa shape index (κ1) is 17.7. The Balaban J connectivity index is 2.23. The average Bonchev–Trinajstić information content (AvgIpc) is 2.67. The van der Waals surface area contributed by atoms with Crippen molar-refractivity contribution in [3.63, 3.8) is 0 Å². The molecule has 3 nitrogen and oxygen atoms in total. The van der Waals surface area contributed by atoms with Gasteiger partial charge in [-0.05, 0) is 29.7 Å². The summed E-state index contributed by atoms with van der Waals surface area (Å²) in [7, 11) is -3.71. The van der Waals surface area contributed by atoms with E-state index in [1.54, 1.807) is 24.3 Å². The van der Waals surface area contributed by atoms with Gasteiger partial charge in [-0.25, -0.2) is 8.42 Å². The standard InChI is InChI=1S/C22H17NO2S/c1-17-11-13-18(14-12-17)19-7-2-3-8-20(19)21-9-4-5-10-22(21)26(24,25)16-6-15-23/h2-14,16H,1H3. The first-order valence-electron chi connectivity index (χ1n) is 8.09. The number of aryl methyl sites for hydroxylation is 1. The second kappa shape index (κ2) is 7.38. The molecule has 26 heavy (non-hydrogen) atoms. The molecule has 0 aliphatic heterocycles. The van der Waals surface area contributed by atoms with Crippen LogP contribution in [0.15, 0.2) is 89.2 Å². The van der Waals surface area contributed by atoms with E-state index in [-0.39, 0.29) is 4.90 Å². The molecule has 0 fully saturated rings. The molecule has 0 aliphatic rings. The lowest BCUT2D eigenvalue weighted by atomic mass is 9.94. The molecular formula is C22H17NO2S. The van der Waals surface area contributed by atoms with E-state index in [1.807, 2.05) is 61.5 Å². The second-order valence-corrected chi connectivity index (χ2v) is 7.69. The Kier molecular flexibility index (Phi) is 5.01. The summed E-state index contributed by atoms with van der Waals surface area (Å²) < 4.78 is 25.3. The van der Waals surface area contributed by atoms with Gasteiger partial charge in [0.25, 0.3) is 0 Å². The van der Waals surface area contributed by atoms with E-state index in [9.17, 15) is 8.42 Å². The summed E-state index contributed by atoms with van der Waals surface area (Å²) in [6.07, 6.45) is 0.984. The smallest absolute Gasteiger partial charge is 0.201 e. The topological polar surface area (TPSA) is 57.9 Å². The highest BCUT2D eigenvalue weighted by molar-refractivity contribution is 7.94. The van der Waals surface area contributed by atoms with Crippen LogP contribution < -0.4 is 0 Å². The lowest BCUT2D eigenvalue weighted by Gasteiger charge is -2.13. The van der Waals surface area contributed by atoms with Crippen LogP contribution in [0.2, 0.25) is 0 Å². The van der Waals surface area contributed by atoms with E-state index < -0.39 is 9.84 Å². The quantitative estimate of drug-likeness (QED) is 0.606. The maximum absolute atomic E-state index is 12.6. The van der Waals surface area contributed by atoms with E-state index >= 15 is 0 Å². The number of sulfone groups is 1. The van der Waals surface area contributed by atoms with Crippen molar-refractivity contribution in [1.29, 1.82) is 5.26 Å². The number of nitriles is 1. The first-order valence-corrected chi connectivity index (χ1v) is 9.64. The summed E-state index contributed by atoms with van der Waals surface area (Å²) in [5, 5.41) is 9.62. The van der Waals surface area contributed by atoms with E-state index in [0.29, 0.717) is 5.56 Å². The molecule has 0 amide bonds. The molecule has 0 aliphatic carbocycles. The number of allylic oxidation sites excluding steroid dienone is 1. The van der Waals surface area contributed by atoms with Crippen LogP contribution in [-0.4, -0.2) is 8.42 Å². The monoisotopic (exact) mass is 359 g/mol. The van der Waals surface area contributed by atoms with Gasteiger partial charge in [-0.1, -0.05) is 72.3 Å². The molecule has 3 rings (SSSR count). The zero-order valence-electron chi connectivity index (χ0n) is 14.3. The normalized spacial score (nSPS) is 11.4. The van der Waals surface area contributed by atoms with Gasteiger partial charge in [-0.3, -0.25) is 0 Å². The van der Waals surface area contributed by atoms with Gasteiger partial charge in [0.15, 0.2) is 0 Å². The van der Waals surface area contributed by atoms with Crippen LogP contribution in [0.3, 0.4) is 0 Å². The van der Waals surface area contributed by atoms with Crippen molar-refractivity contribution in [3.8, 4) is 28.3 Å². The van der Waals surface area contributed by atoms with Gasteiger partial charge < -0.3 is 0 Å². The van der Waals surface area contributed by atoms with E-state index in [0.717, 1.165) is 33.7 Å². The Bertz CT molecular complexity index is 1110. The molecule has 0 spiro atoms. The van der Waals surface area contributed by atoms with Gasteiger partial charge in [0, 0.05) is 17.0 Å². The van der Waals surface area contributed by atoms with Crippen molar-refractivity contribution in [1.82, 2.24) is 0 Å². The van der Waals surface area contributed by atoms with Crippen molar-refractivity contribution in [3.05, 3.63) is 89.8 Å². The van der Waals surface area contributed by atoms with Crippen LogP contribution in [0.1, 0.15) is 5.56 Å². The summed E-state index contributed by atoms with van der Waals surface area (Å²) in [6.45, 7) is 2.03. The molecule has 3 aromatic rings. The summed E-state index contributed by atoms with van der Waals surface area (Å²) >= 11 is 0. The van der Waals surface area contributed by atoms with Crippen LogP contribution in [0.25, 0.3) is 22.3 Å². The molecule has 4 heteroatoms. The van der Waals surface area contributed by atoms with E-state index in [2.05, 4.69) is 0 Å². The first-order chi connectivity index (χ1) is 12.5. The van der Waals surface area contributed by atoms with Gasteiger partial charge >= 0.3 is 0 Å². The Morgan fingerprint density at radius 2 is 1.38 bits per heavy atom. The molecule has 0 radical (unpaired) electrons. The minimum atomic E-state index is -3.71. The Hall–Kier alpha value is -3.16. The predicted molar refractivity (Wildman–Crippen MR) is 104 cm³/mol. The molecule has 0 N–H and O–H groups in total. The summed E-state index contributed by atoms with van der Waals surface area (Å²) in [4.78, 5) is 0.186. The van der Waals surface area contributed by atoms with Crippen LogP contribution in [-0.2, 0) is 9.84 Å². The van der Waals surface area contributed by atoms with E-state index in [4.69, 9.17) is 5.26 Å². The predicted octanol–water partition coefficient (Wildman–Crippen LogP) is 5.14. The largest absolute Gasteiger partial charge is 0.219 e. The fourth-order valence-electron chi connectivity index (χ4n) is 2.83. The zero-order valence-corrected chi connectivity index (χ0v) is 15.1. The Morgan fingerprint density at radius 3 is 2.04 bits per heavy atom. The fraction of sp³-hybridized carbons (Fsp3) is 0.0455. The van der Waals surface area contributed by atoms with Crippen molar-refractivity contribution in [2.24, 2.45) is 0 Å². The van der Waals surface area contributed by atoms with Gasteiger partial charge in [-0.2, -0.15) is 5.26 Å². The molecule has 0 atom stereocenters. The molecule has 0 unspecified atom stereocenters. The molecule has 0 aromatic heterocycles. The molecule has 3 aromatic carbocycles. The molecular weight excluding hydrogens is 342 g/mol. The number of rotatable bonds is 4. The molecule has 0 saturated carbocycles. The summed E-state index contributed by atoms with van der Waals surface area (Å²) in [5.74, 6) is 0. The van der Waals surface area contributed by atoms with Crippen molar-refractivity contribution in [2.45, 2.75) is 11.8 Å². The molecule has 0 saturated heterocycles. The molecule has 128 valence electrons. The van der Waals surface area contributed by atoms with Crippen molar-refractivity contribution >= 4 is 9.84 Å². The lowest BCUT2D eigenvalue weighted by Crippen LogP contribution is -1.99. The maximum atomic E-state index is 12.6. The number of hydrogen-bond acceptors (Lipinski definition) is 3. The molecule has 0 heterocycles. The van der Waals surface area contributed by atoms with Crippen LogP contribution in [0.4, 0.5) is 0 Å². The Labute approximate surface area is 153 Å². The second-order valence-electron chi connectivity index (χ2n) is 5.88. The van der Waals surface area contributed by atoms with Crippen LogP contribution in [0, 0.1) is 18.3 Å². The van der Waals surface area contributed by atoms with Crippen molar-refractivity contribution in [2.75, 3.05) is 0 Å². The lowest BCUT2D eigenvalue weighted by molar-refractivity contribution is 0.605.